The fourth-order valence-corrected chi connectivity index (χ4v) is 1.64. The van der Waals surface area contributed by atoms with Crippen molar-refractivity contribution >= 4 is 5.97 Å². The first-order valence-corrected chi connectivity index (χ1v) is 4.69. The second-order valence-corrected chi connectivity index (χ2v) is 4.10. The topological polar surface area (TPSA) is 53.3 Å². The van der Waals surface area contributed by atoms with Gasteiger partial charge in [-0.2, -0.15) is 5.26 Å². The maximum Gasteiger partial charge on any atom is 0.310 e. The van der Waals surface area contributed by atoms with Crippen LogP contribution >= 0.6 is 0 Å². The van der Waals surface area contributed by atoms with Gasteiger partial charge in [0.1, 0.15) is 0 Å². The number of ether oxygens (including phenoxy) is 1. The van der Waals surface area contributed by atoms with Crippen LogP contribution in [0.3, 0.4) is 0 Å². The van der Waals surface area contributed by atoms with Gasteiger partial charge >= 0.3 is 5.97 Å². The van der Waals surface area contributed by atoms with E-state index in [9.17, 15) is 4.79 Å². The van der Waals surface area contributed by atoms with Crippen LogP contribution in [0.1, 0.15) is 12.8 Å². The summed E-state index contributed by atoms with van der Waals surface area (Å²) >= 11 is 0. The zero-order valence-corrected chi connectivity index (χ0v) is 8.91. The Hall–Kier alpha value is -1.08. The normalized spacial score (nSPS) is 29.8. The minimum absolute atomic E-state index is 0.197. The van der Waals surface area contributed by atoms with Gasteiger partial charge in [-0.1, -0.05) is 0 Å². The van der Waals surface area contributed by atoms with Crippen molar-refractivity contribution in [3.63, 3.8) is 0 Å². The smallest absolute Gasteiger partial charge is 0.310 e. The minimum atomic E-state index is -0.447. The van der Waals surface area contributed by atoms with Gasteiger partial charge in [-0.05, 0) is 33.5 Å². The molecule has 0 amide bonds. The summed E-state index contributed by atoms with van der Waals surface area (Å²) in [5.74, 6) is -0.442. The third kappa shape index (κ3) is 2.05. The van der Waals surface area contributed by atoms with Gasteiger partial charge in [0.25, 0.3) is 0 Å². The lowest BCUT2D eigenvalue weighted by molar-refractivity contribution is -0.142. The summed E-state index contributed by atoms with van der Waals surface area (Å²) in [4.78, 5) is 13.2. The summed E-state index contributed by atoms with van der Waals surface area (Å²) in [6, 6.07) is 2.25. The van der Waals surface area contributed by atoms with Gasteiger partial charge in [-0.15, -0.1) is 0 Å². The van der Waals surface area contributed by atoms with Gasteiger partial charge < -0.3 is 9.64 Å². The number of hydrogen-bond acceptors (Lipinski definition) is 4. The molecule has 4 heteroatoms. The summed E-state index contributed by atoms with van der Waals surface area (Å²) in [7, 11) is 5.29. The number of carbonyl (C=O) groups excluding carboxylic acids is 1. The van der Waals surface area contributed by atoms with Gasteiger partial charge in [-0.3, -0.25) is 4.79 Å². The Labute approximate surface area is 84.4 Å². The molecule has 0 aromatic carbocycles. The molecular weight excluding hydrogens is 180 g/mol. The van der Waals surface area contributed by atoms with Crippen molar-refractivity contribution < 1.29 is 9.53 Å². The van der Waals surface area contributed by atoms with E-state index >= 15 is 0 Å². The quantitative estimate of drug-likeness (QED) is 0.619. The molecule has 14 heavy (non-hydrogen) atoms. The van der Waals surface area contributed by atoms with E-state index in [-0.39, 0.29) is 11.9 Å². The first-order chi connectivity index (χ1) is 6.55. The van der Waals surface area contributed by atoms with E-state index in [1.54, 1.807) is 0 Å². The number of carbonyl (C=O) groups is 1. The van der Waals surface area contributed by atoms with Crippen molar-refractivity contribution in [1.29, 1.82) is 5.26 Å². The lowest BCUT2D eigenvalue weighted by Gasteiger charge is -2.12. The Morgan fingerprint density at radius 3 is 2.79 bits per heavy atom. The summed E-state index contributed by atoms with van der Waals surface area (Å²) in [6.45, 7) is 0.834. The molecule has 1 aliphatic carbocycles. The molecule has 0 spiro atoms. The molecule has 0 aromatic rings. The van der Waals surface area contributed by atoms with Crippen LogP contribution in [0.15, 0.2) is 0 Å². The molecule has 78 valence electrons. The molecule has 1 aliphatic rings. The monoisotopic (exact) mass is 196 g/mol. The summed E-state index contributed by atoms with van der Waals surface area (Å²) in [5, 5.41) is 9.01. The van der Waals surface area contributed by atoms with Crippen LogP contribution in [0.5, 0.6) is 0 Å². The highest BCUT2D eigenvalue weighted by atomic mass is 16.5. The molecule has 0 unspecified atom stereocenters. The first-order valence-electron chi connectivity index (χ1n) is 4.69. The number of esters is 1. The van der Waals surface area contributed by atoms with Gasteiger partial charge in [0.2, 0.25) is 0 Å². The molecule has 1 saturated carbocycles. The van der Waals surface area contributed by atoms with Crippen LogP contribution in [0.2, 0.25) is 0 Å². The van der Waals surface area contributed by atoms with Crippen LogP contribution in [0.25, 0.3) is 0 Å². The maximum atomic E-state index is 11.2. The molecule has 1 rings (SSSR count). The van der Waals surface area contributed by atoms with E-state index in [0.29, 0.717) is 6.42 Å². The predicted molar refractivity (Wildman–Crippen MR) is 51.3 cm³/mol. The molecule has 0 bridgehead atoms. The molecule has 4 nitrogen and oxygen atoms in total. The van der Waals surface area contributed by atoms with Crippen molar-refractivity contribution in [2.75, 3.05) is 27.7 Å². The maximum absolute atomic E-state index is 11.2. The van der Waals surface area contributed by atoms with E-state index in [1.807, 2.05) is 19.0 Å². The van der Waals surface area contributed by atoms with E-state index in [1.165, 1.54) is 7.11 Å². The second-order valence-electron chi connectivity index (χ2n) is 4.10. The Morgan fingerprint density at radius 2 is 2.36 bits per heavy atom. The van der Waals surface area contributed by atoms with E-state index in [0.717, 1.165) is 13.0 Å². The van der Waals surface area contributed by atoms with E-state index in [2.05, 4.69) is 10.8 Å². The van der Waals surface area contributed by atoms with Crippen LogP contribution in [-0.4, -0.2) is 38.6 Å². The van der Waals surface area contributed by atoms with Crippen molar-refractivity contribution in [3.05, 3.63) is 0 Å². The first kappa shape index (κ1) is 11.0. The van der Waals surface area contributed by atoms with Crippen LogP contribution in [0.4, 0.5) is 0 Å². The standard InChI is InChI=1S/C10H16N2O2/c1-12(2)5-4-10(7-11)6-8(10)9(13)14-3/h8H,4-6H2,1-3H3/t8-,10-/m1/s1. The molecule has 1 fully saturated rings. The Bertz CT molecular complexity index is 270. The number of nitrogens with zero attached hydrogens (tertiary/aromatic N) is 2. The van der Waals surface area contributed by atoms with Gasteiger partial charge in [0.15, 0.2) is 0 Å². The van der Waals surface area contributed by atoms with Crippen LogP contribution in [-0.2, 0) is 9.53 Å². The highest BCUT2D eigenvalue weighted by Gasteiger charge is 2.59. The van der Waals surface area contributed by atoms with E-state index in [4.69, 9.17) is 5.26 Å². The second kappa shape index (κ2) is 3.97. The molecule has 2 atom stereocenters. The predicted octanol–water partition coefficient (Wildman–Crippen LogP) is 0.641. The number of rotatable bonds is 4. The number of nitriles is 1. The molecule has 0 aromatic heterocycles. The van der Waals surface area contributed by atoms with E-state index < -0.39 is 5.41 Å². The average Bonchev–Trinajstić information content (AvgIpc) is 2.89. The summed E-state index contributed by atoms with van der Waals surface area (Å²) in [5.41, 5.74) is -0.447. The van der Waals surface area contributed by atoms with Gasteiger partial charge in [-0.25, -0.2) is 0 Å². The minimum Gasteiger partial charge on any atom is -0.469 e. The highest BCUT2D eigenvalue weighted by Crippen LogP contribution is 2.55. The fraction of sp³-hybridized carbons (Fsp3) is 0.800. The zero-order chi connectivity index (χ0) is 10.8. The molecule has 0 N–H and O–H groups in total. The Kier molecular flexibility index (Phi) is 3.12. The summed E-state index contributed by atoms with van der Waals surface area (Å²) in [6.07, 6.45) is 1.40. The molecule has 0 saturated heterocycles. The lowest BCUT2D eigenvalue weighted by Crippen LogP contribution is -2.19. The molecule has 0 heterocycles. The Balaban J connectivity index is 2.49. The Morgan fingerprint density at radius 1 is 1.71 bits per heavy atom. The molecule has 0 aliphatic heterocycles. The lowest BCUT2D eigenvalue weighted by atomic mass is 10.0. The van der Waals surface area contributed by atoms with Gasteiger partial charge in [0.05, 0.1) is 24.5 Å². The SMILES string of the molecule is COC(=O)[C@H]1C[C@@]1(C#N)CCN(C)C. The van der Waals surface area contributed by atoms with Crippen molar-refractivity contribution in [3.8, 4) is 6.07 Å². The van der Waals surface area contributed by atoms with Crippen molar-refractivity contribution in [2.45, 2.75) is 12.8 Å². The number of hydrogen-bond donors (Lipinski definition) is 0. The van der Waals surface area contributed by atoms with Crippen LogP contribution < -0.4 is 0 Å². The van der Waals surface area contributed by atoms with Crippen molar-refractivity contribution in [2.24, 2.45) is 11.3 Å². The van der Waals surface area contributed by atoms with Crippen LogP contribution in [0, 0.1) is 22.7 Å². The highest BCUT2D eigenvalue weighted by molar-refractivity contribution is 5.77. The fourth-order valence-electron chi connectivity index (χ4n) is 1.64. The third-order valence-corrected chi connectivity index (χ3v) is 2.79. The molecular formula is C10H16N2O2. The average molecular weight is 196 g/mol. The van der Waals surface area contributed by atoms with Crippen molar-refractivity contribution in [1.82, 2.24) is 4.90 Å². The van der Waals surface area contributed by atoms with Gasteiger partial charge in [0, 0.05) is 0 Å². The largest absolute Gasteiger partial charge is 0.469 e. The summed E-state index contributed by atoms with van der Waals surface area (Å²) < 4.78 is 4.63. The zero-order valence-electron chi connectivity index (χ0n) is 8.91. The number of methoxy groups -OCH3 is 1. The third-order valence-electron chi connectivity index (χ3n) is 2.79. The molecule has 0 radical (unpaired) electrons.